The van der Waals surface area contributed by atoms with Crippen LogP contribution in [0.15, 0.2) is 35.9 Å². The summed E-state index contributed by atoms with van der Waals surface area (Å²) in [6.07, 6.45) is 0.639. The van der Waals surface area contributed by atoms with Gasteiger partial charge in [-0.1, -0.05) is 0 Å². The van der Waals surface area contributed by atoms with Crippen LogP contribution in [0.3, 0.4) is 0 Å². The molecule has 30 heavy (non-hydrogen) atoms. The van der Waals surface area contributed by atoms with Crippen molar-refractivity contribution in [2.45, 2.75) is 30.1 Å². The standard InChI is InChI=1S/C18H23F3N6O2S/c19-18(20,21)14-1-2-16(23-11-14)26-9-7-25(8-10-26)15-3-5-27(6-4-15)30(28,29)17-12-22-13-24-17/h1-2,11-13,15H,3-10H2,(H,22,24). The number of sulfonamides is 1. The van der Waals surface area contributed by atoms with Gasteiger partial charge in [0.05, 0.1) is 18.1 Å². The Morgan fingerprint density at radius 2 is 1.70 bits per heavy atom. The van der Waals surface area contributed by atoms with Crippen LogP contribution in [0.25, 0.3) is 0 Å². The van der Waals surface area contributed by atoms with E-state index in [4.69, 9.17) is 0 Å². The van der Waals surface area contributed by atoms with Gasteiger partial charge in [-0.05, 0) is 25.0 Å². The predicted molar refractivity (Wildman–Crippen MR) is 103 cm³/mol. The van der Waals surface area contributed by atoms with Crippen LogP contribution in [-0.2, 0) is 16.2 Å². The average Bonchev–Trinajstić information content (AvgIpc) is 3.29. The quantitative estimate of drug-likeness (QED) is 0.774. The molecule has 2 fully saturated rings. The molecule has 0 unspecified atom stereocenters. The number of anilines is 1. The number of rotatable bonds is 4. The topological polar surface area (TPSA) is 85.4 Å². The zero-order chi connectivity index (χ0) is 21.4. The Morgan fingerprint density at radius 1 is 1.00 bits per heavy atom. The minimum atomic E-state index is -4.38. The lowest BCUT2D eigenvalue weighted by molar-refractivity contribution is -0.137. The molecule has 0 atom stereocenters. The third-order valence-electron chi connectivity index (χ3n) is 5.74. The maximum atomic E-state index is 12.7. The summed E-state index contributed by atoms with van der Waals surface area (Å²) in [5.41, 5.74) is -0.748. The number of piperazine rings is 1. The summed E-state index contributed by atoms with van der Waals surface area (Å²) in [5, 5.41) is 0.110. The molecule has 164 valence electrons. The lowest BCUT2D eigenvalue weighted by Crippen LogP contribution is -2.54. The Balaban J connectivity index is 1.29. The van der Waals surface area contributed by atoms with Crippen molar-refractivity contribution in [2.75, 3.05) is 44.2 Å². The fourth-order valence-electron chi connectivity index (χ4n) is 4.03. The fraction of sp³-hybridized carbons (Fsp3) is 0.556. The maximum Gasteiger partial charge on any atom is 0.417 e. The summed E-state index contributed by atoms with van der Waals surface area (Å²) in [6, 6.07) is 2.77. The van der Waals surface area contributed by atoms with Crippen LogP contribution in [0.1, 0.15) is 18.4 Å². The molecule has 2 aromatic rings. The van der Waals surface area contributed by atoms with E-state index in [2.05, 4.69) is 19.9 Å². The third-order valence-corrected chi connectivity index (χ3v) is 7.57. The number of piperidine rings is 1. The maximum absolute atomic E-state index is 12.7. The van der Waals surface area contributed by atoms with Crippen molar-refractivity contribution in [2.24, 2.45) is 0 Å². The van der Waals surface area contributed by atoms with E-state index < -0.39 is 21.8 Å². The minimum absolute atomic E-state index is 0.110. The molecular formula is C18H23F3N6O2S. The third kappa shape index (κ3) is 4.30. The van der Waals surface area contributed by atoms with E-state index in [0.29, 0.717) is 38.0 Å². The normalized spacial score (nSPS) is 20.6. The smallest absolute Gasteiger partial charge is 0.354 e. The second-order valence-electron chi connectivity index (χ2n) is 7.48. The highest BCUT2D eigenvalue weighted by Gasteiger charge is 2.34. The highest BCUT2D eigenvalue weighted by atomic mass is 32.2. The van der Waals surface area contributed by atoms with Crippen molar-refractivity contribution in [3.05, 3.63) is 36.4 Å². The lowest BCUT2D eigenvalue weighted by Gasteiger charge is -2.42. The van der Waals surface area contributed by atoms with Gasteiger partial charge in [0.1, 0.15) is 5.82 Å². The largest absolute Gasteiger partial charge is 0.417 e. The van der Waals surface area contributed by atoms with Gasteiger partial charge in [-0.15, -0.1) is 0 Å². The number of aromatic amines is 1. The summed E-state index contributed by atoms with van der Waals surface area (Å²) in [6.45, 7) is 3.77. The van der Waals surface area contributed by atoms with Crippen LogP contribution < -0.4 is 4.90 Å². The molecule has 0 radical (unpaired) electrons. The predicted octanol–water partition coefficient (Wildman–Crippen LogP) is 1.80. The molecule has 0 aliphatic carbocycles. The van der Waals surface area contributed by atoms with Crippen molar-refractivity contribution in [3.8, 4) is 0 Å². The summed E-state index contributed by atoms with van der Waals surface area (Å²) in [4.78, 5) is 14.7. The van der Waals surface area contributed by atoms with Crippen LogP contribution in [0.4, 0.5) is 19.0 Å². The molecule has 8 nitrogen and oxygen atoms in total. The summed E-state index contributed by atoms with van der Waals surface area (Å²) >= 11 is 0. The number of imidazole rings is 1. The van der Waals surface area contributed by atoms with Crippen molar-refractivity contribution in [3.63, 3.8) is 0 Å². The Bertz CT molecular complexity index is 933. The molecule has 0 bridgehead atoms. The first-order valence-corrected chi connectivity index (χ1v) is 11.2. The number of pyridine rings is 1. The molecule has 4 rings (SSSR count). The molecule has 0 aromatic carbocycles. The van der Waals surface area contributed by atoms with Crippen LogP contribution in [0.2, 0.25) is 0 Å². The van der Waals surface area contributed by atoms with E-state index >= 15 is 0 Å². The van der Waals surface area contributed by atoms with Gasteiger partial charge in [0.2, 0.25) is 0 Å². The Labute approximate surface area is 172 Å². The van der Waals surface area contributed by atoms with Gasteiger partial charge in [0, 0.05) is 51.5 Å². The van der Waals surface area contributed by atoms with Gasteiger partial charge < -0.3 is 9.88 Å². The van der Waals surface area contributed by atoms with E-state index in [-0.39, 0.29) is 5.03 Å². The van der Waals surface area contributed by atoms with Gasteiger partial charge >= 0.3 is 6.18 Å². The second kappa shape index (κ2) is 8.16. The molecule has 0 amide bonds. The first-order chi connectivity index (χ1) is 14.2. The van der Waals surface area contributed by atoms with Gasteiger partial charge in [-0.3, -0.25) is 4.90 Å². The van der Waals surface area contributed by atoms with E-state index in [1.807, 2.05) is 4.90 Å². The summed E-state index contributed by atoms with van der Waals surface area (Å²) in [7, 11) is -3.53. The highest BCUT2D eigenvalue weighted by molar-refractivity contribution is 7.89. The van der Waals surface area contributed by atoms with Crippen LogP contribution in [0, 0.1) is 0 Å². The number of alkyl halides is 3. The summed E-state index contributed by atoms with van der Waals surface area (Å²) < 4.78 is 64.7. The van der Waals surface area contributed by atoms with Crippen molar-refractivity contribution in [1.82, 2.24) is 24.2 Å². The van der Waals surface area contributed by atoms with Crippen molar-refractivity contribution < 1.29 is 21.6 Å². The average molecular weight is 444 g/mol. The van der Waals surface area contributed by atoms with Gasteiger partial charge in [-0.25, -0.2) is 18.4 Å². The molecule has 4 heterocycles. The summed E-state index contributed by atoms with van der Waals surface area (Å²) in [5.74, 6) is 0.545. The van der Waals surface area contributed by atoms with Crippen molar-refractivity contribution >= 4 is 15.8 Å². The Morgan fingerprint density at radius 3 is 2.23 bits per heavy atom. The SMILES string of the molecule is O=S(=O)(c1cnc[nH]1)N1CCC(N2CCN(c3ccc(C(F)(F)F)cn3)CC2)CC1. The molecule has 2 aromatic heterocycles. The molecule has 2 aliphatic heterocycles. The van der Waals surface area contributed by atoms with Gasteiger partial charge in [0.25, 0.3) is 10.0 Å². The molecule has 12 heteroatoms. The molecule has 2 saturated heterocycles. The molecule has 0 saturated carbocycles. The van der Waals surface area contributed by atoms with Crippen LogP contribution in [0.5, 0.6) is 0 Å². The molecule has 0 spiro atoms. The number of nitrogens with one attached hydrogen (secondary N) is 1. The van der Waals surface area contributed by atoms with Crippen molar-refractivity contribution in [1.29, 1.82) is 0 Å². The number of H-pyrrole nitrogens is 1. The monoisotopic (exact) mass is 444 g/mol. The zero-order valence-corrected chi connectivity index (χ0v) is 17.0. The van der Waals surface area contributed by atoms with Gasteiger partial charge in [0.15, 0.2) is 5.03 Å². The first kappa shape index (κ1) is 21.1. The van der Waals surface area contributed by atoms with Crippen LogP contribution >= 0.6 is 0 Å². The number of hydrogen-bond donors (Lipinski definition) is 1. The second-order valence-corrected chi connectivity index (χ2v) is 9.38. The molecule has 1 N–H and O–H groups in total. The van der Waals surface area contributed by atoms with Gasteiger partial charge in [-0.2, -0.15) is 17.5 Å². The Kier molecular flexibility index (Phi) is 5.73. The Hall–Kier alpha value is -2.18. The van der Waals surface area contributed by atoms with E-state index in [1.54, 1.807) is 0 Å². The fourth-order valence-corrected chi connectivity index (χ4v) is 5.39. The number of halogens is 3. The van der Waals surface area contributed by atoms with Crippen LogP contribution in [-0.4, -0.2) is 77.9 Å². The van der Waals surface area contributed by atoms with E-state index in [0.717, 1.165) is 38.2 Å². The van der Waals surface area contributed by atoms with E-state index in [9.17, 15) is 21.6 Å². The molecular weight excluding hydrogens is 421 g/mol. The van der Waals surface area contributed by atoms with E-state index in [1.165, 1.54) is 22.9 Å². The minimum Gasteiger partial charge on any atom is -0.354 e. The zero-order valence-electron chi connectivity index (χ0n) is 16.2. The highest BCUT2D eigenvalue weighted by Crippen LogP contribution is 2.30. The number of nitrogens with zero attached hydrogens (tertiary/aromatic N) is 5. The number of hydrogen-bond acceptors (Lipinski definition) is 6. The first-order valence-electron chi connectivity index (χ1n) is 9.76. The molecule has 2 aliphatic rings. The lowest BCUT2D eigenvalue weighted by atomic mass is 10.0. The number of aromatic nitrogens is 3.